The number of rotatable bonds is 1. The van der Waals surface area contributed by atoms with Crippen molar-refractivity contribution in [3.8, 4) is 11.3 Å². The van der Waals surface area contributed by atoms with Crippen LogP contribution in [-0.2, 0) is 6.18 Å². The molecule has 2 rings (SSSR count). The van der Waals surface area contributed by atoms with E-state index in [2.05, 4.69) is 4.98 Å². The van der Waals surface area contributed by atoms with Gasteiger partial charge in [0.2, 0.25) is 0 Å². The molecule has 17 heavy (non-hydrogen) atoms. The number of hydrogen-bond donors (Lipinski definition) is 0. The van der Waals surface area contributed by atoms with Gasteiger partial charge in [0.1, 0.15) is 0 Å². The maximum absolute atomic E-state index is 12.4. The summed E-state index contributed by atoms with van der Waals surface area (Å²) in [7, 11) is 0. The highest BCUT2D eigenvalue weighted by molar-refractivity contribution is 7.10. The van der Waals surface area contributed by atoms with Crippen LogP contribution in [0.3, 0.4) is 0 Å². The van der Waals surface area contributed by atoms with E-state index in [1.807, 2.05) is 32.0 Å². The van der Waals surface area contributed by atoms with Crippen LogP contribution in [0.25, 0.3) is 11.3 Å². The van der Waals surface area contributed by atoms with Gasteiger partial charge in [-0.05, 0) is 25.5 Å². The van der Waals surface area contributed by atoms with Crippen molar-refractivity contribution in [1.29, 1.82) is 0 Å². The van der Waals surface area contributed by atoms with Crippen LogP contribution in [0.2, 0.25) is 0 Å². The third kappa shape index (κ3) is 2.49. The summed E-state index contributed by atoms with van der Waals surface area (Å²) in [6, 6.07) is 5.66. The summed E-state index contributed by atoms with van der Waals surface area (Å²) in [5, 5.41) is 0.651. The number of aromatic nitrogens is 1. The van der Waals surface area contributed by atoms with Crippen LogP contribution >= 0.6 is 11.3 Å². The second-order valence-electron chi connectivity index (χ2n) is 3.85. The van der Waals surface area contributed by atoms with Crippen molar-refractivity contribution in [3.05, 3.63) is 39.7 Å². The smallest absolute Gasteiger partial charge is 0.232 e. The molecule has 1 aromatic carbocycles. The van der Waals surface area contributed by atoms with Gasteiger partial charge in [-0.1, -0.05) is 17.7 Å². The van der Waals surface area contributed by atoms with Gasteiger partial charge in [0, 0.05) is 10.9 Å². The fraction of sp³-hybridized carbons (Fsp3) is 0.250. The number of aryl methyl sites for hydroxylation is 2. The van der Waals surface area contributed by atoms with Gasteiger partial charge in [0.05, 0.1) is 5.69 Å². The average Bonchev–Trinajstić information content (AvgIpc) is 2.70. The van der Waals surface area contributed by atoms with Crippen LogP contribution in [0.15, 0.2) is 23.6 Å². The van der Waals surface area contributed by atoms with Gasteiger partial charge in [-0.3, -0.25) is 0 Å². The Labute approximate surface area is 101 Å². The number of alkyl halides is 3. The van der Waals surface area contributed by atoms with Gasteiger partial charge in [-0.25, -0.2) is 4.98 Å². The largest absolute Gasteiger partial charge is 0.443 e. The SMILES string of the molecule is Cc1ccc(C)c(-c2csc(C(F)(F)F)n2)c1. The first kappa shape index (κ1) is 12.1. The minimum absolute atomic E-state index is 0.392. The first-order valence-corrected chi connectivity index (χ1v) is 5.86. The molecule has 2 aromatic rings. The maximum atomic E-state index is 12.4. The molecule has 0 aliphatic carbocycles. The second kappa shape index (κ2) is 4.14. The standard InChI is InChI=1S/C12H10F3NS/c1-7-3-4-8(2)9(5-7)10-6-17-11(16-10)12(13,14)15/h3-6H,1-2H3. The lowest BCUT2D eigenvalue weighted by molar-refractivity contribution is -0.137. The van der Waals surface area contributed by atoms with E-state index in [0.717, 1.165) is 16.7 Å². The minimum atomic E-state index is -4.36. The molecule has 0 saturated heterocycles. The molecule has 0 unspecified atom stereocenters. The Morgan fingerprint density at radius 1 is 1.18 bits per heavy atom. The van der Waals surface area contributed by atoms with Crippen molar-refractivity contribution >= 4 is 11.3 Å². The van der Waals surface area contributed by atoms with Gasteiger partial charge >= 0.3 is 6.18 Å². The van der Waals surface area contributed by atoms with Gasteiger partial charge in [-0.15, -0.1) is 11.3 Å². The summed E-state index contributed by atoms with van der Waals surface area (Å²) in [5.41, 5.74) is 3.09. The monoisotopic (exact) mass is 257 g/mol. The first-order valence-electron chi connectivity index (χ1n) is 4.98. The van der Waals surface area contributed by atoms with E-state index in [1.165, 1.54) is 5.38 Å². The zero-order chi connectivity index (χ0) is 12.6. The van der Waals surface area contributed by atoms with Crippen molar-refractivity contribution in [1.82, 2.24) is 4.98 Å². The Morgan fingerprint density at radius 3 is 2.47 bits per heavy atom. The fourth-order valence-electron chi connectivity index (χ4n) is 1.54. The Morgan fingerprint density at radius 2 is 1.88 bits per heavy atom. The quantitative estimate of drug-likeness (QED) is 0.735. The van der Waals surface area contributed by atoms with Crippen LogP contribution in [0.1, 0.15) is 16.1 Å². The lowest BCUT2D eigenvalue weighted by Crippen LogP contribution is -2.03. The number of thiazole rings is 1. The molecule has 1 nitrogen and oxygen atoms in total. The average molecular weight is 257 g/mol. The first-order chi connectivity index (χ1) is 7.88. The molecule has 1 aromatic heterocycles. The lowest BCUT2D eigenvalue weighted by Gasteiger charge is -2.04. The van der Waals surface area contributed by atoms with Gasteiger partial charge < -0.3 is 0 Å². The normalized spacial score (nSPS) is 11.8. The predicted octanol–water partition coefficient (Wildman–Crippen LogP) is 4.45. The van der Waals surface area contributed by atoms with Crippen molar-refractivity contribution < 1.29 is 13.2 Å². The molecule has 90 valence electrons. The summed E-state index contributed by atoms with van der Waals surface area (Å²) in [5.74, 6) is 0. The molecule has 0 aliphatic heterocycles. The van der Waals surface area contributed by atoms with E-state index in [4.69, 9.17) is 0 Å². The lowest BCUT2D eigenvalue weighted by atomic mass is 10.0. The molecular formula is C12H10F3NS. The fourth-order valence-corrected chi connectivity index (χ4v) is 2.23. The van der Waals surface area contributed by atoms with Crippen LogP contribution in [0, 0.1) is 13.8 Å². The molecule has 0 amide bonds. The molecule has 0 N–H and O–H groups in total. The topological polar surface area (TPSA) is 12.9 Å². The molecular weight excluding hydrogens is 247 g/mol. The highest BCUT2D eigenvalue weighted by atomic mass is 32.1. The zero-order valence-electron chi connectivity index (χ0n) is 9.30. The van der Waals surface area contributed by atoms with Crippen LogP contribution in [-0.4, -0.2) is 4.98 Å². The Kier molecular flexibility index (Phi) is 2.95. The molecule has 0 radical (unpaired) electrons. The van der Waals surface area contributed by atoms with E-state index in [0.29, 0.717) is 17.0 Å². The molecule has 0 aliphatic rings. The van der Waals surface area contributed by atoms with Crippen molar-refractivity contribution in [2.45, 2.75) is 20.0 Å². The highest BCUT2D eigenvalue weighted by Gasteiger charge is 2.34. The van der Waals surface area contributed by atoms with Crippen molar-refractivity contribution in [2.75, 3.05) is 0 Å². The van der Waals surface area contributed by atoms with Gasteiger partial charge in [0.15, 0.2) is 5.01 Å². The van der Waals surface area contributed by atoms with Crippen LogP contribution in [0.4, 0.5) is 13.2 Å². The van der Waals surface area contributed by atoms with E-state index in [1.54, 1.807) is 0 Å². The summed E-state index contributed by atoms with van der Waals surface area (Å²) in [6.45, 7) is 3.77. The molecule has 0 atom stereocenters. The number of nitrogens with zero attached hydrogens (tertiary/aromatic N) is 1. The van der Waals surface area contributed by atoms with Crippen LogP contribution < -0.4 is 0 Å². The second-order valence-corrected chi connectivity index (χ2v) is 4.71. The van der Waals surface area contributed by atoms with Crippen molar-refractivity contribution in [2.24, 2.45) is 0 Å². The van der Waals surface area contributed by atoms with Gasteiger partial charge in [0.25, 0.3) is 0 Å². The summed E-state index contributed by atoms with van der Waals surface area (Å²) < 4.78 is 37.3. The number of hydrogen-bond acceptors (Lipinski definition) is 2. The predicted molar refractivity (Wildman–Crippen MR) is 62.0 cm³/mol. The maximum Gasteiger partial charge on any atom is 0.443 e. The zero-order valence-corrected chi connectivity index (χ0v) is 10.1. The summed E-state index contributed by atoms with van der Waals surface area (Å²) >= 11 is 0.630. The number of benzene rings is 1. The Bertz CT molecular complexity index is 543. The van der Waals surface area contributed by atoms with E-state index in [-0.39, 0.29) is 0 Å². The van der Waals surface area contributed by atoms with E-state index in [9.17, 15) is 13.2 Å². The van der Waals surface area contributed by atoms with Crippen molar-refractivity contribution in [3.63, 3.8) is 0 Å². The van der Waals surface area contributed by atoms with Gasteiger partial charge in [-0.2, -0.15) is 13.2 Å². The minimum Gasteiger partial charge on any atom is -0.232 e. The molecule has 0 fully saturated rings. The molecule has 0 spiro atoms. The molecule has 1 heterocycles. The van der Waals surface area contributed by atoms with Crippen LogP contribution in [0.5, 0.6) is 0 Å². The third-order valence-electron chi connectivity index (χ3n) is 2.42. The third-order valence-corrected chi connectivity index (χ3v) is 3.30. The summed E-state index contributed by atoms with van der Waals surface area (Å²) in [4.78, 5) is 3.65. The molecule has 0 saturated carbocycles. The Balaban J connectivity index is 2.47. The van der Waals surface area contributed by atoms with E-state index >= 15 is 0 Å². The highest BCUT2D eigenvalue weighted by Crippen LogP contribution is 2.35. The summed E-state index contributed by atoms with van der Waals surface area (Å²) in [6.07, 6.45) is -4.36. The number of halogens is 3. The molecule has 0 bridgehead atoms. The molecule has 5 heteroatoms. The van der Waals surface area contributed by atoms with E-state index < -0.39 is 11.2 Å². The Hall–Kier alpha value is -1.36.